The van der Waals surface area contributed by atoms with Crippen molar-refractivity contribution in [3.8, 4) is 11.3 Å². The third-order valence-corrected chi connectivity index (χ3v) is 6.93. The first-order valence-electron chi connectivity index (χ1n) is 11.1. The van der Waals surface area contributed by atoms with Crippen molar-refractivity contribution in [3.63, 3.8) is 0 Å². The minimum atomic E-state index is -0.563. The highest BCUT2D eigenvalue weighted by Gasteiger charge is 2.31. The lowest BCUT2D eigenvalue weighted by molar-refractivity contribution is -0.135. The van der Waals surface area contributed by atoms with Gasteiger partial charge in [0.2, 0.25) is 5.91 Å². The van der Waals surface area contributed by atoms with Gasteiger partial charge in [0.05, 0.1) is 0 Å². The monoisotopic (exact) mass is 482 g/mol. The number of nitrogens with zero attached hydrogens (tertiary/aromatic N) is 3. The molecule has 172 valence electrons. The number of carbonyl (C=O) groups excluding carboxylic acids is 2. The summed E-state index contributed by atoms with van der Waals surface area (Å²) in [6.07, 6.45) is 1.80. The molecule has 0 spiro atoms. The fourth-order valence-electron chi connectivity index (χ4n) is 4.19. The summed E-state index contributed by atoms with van der Waals surface area (Å²) in [5.41, 5.74) is 3.46. The molecule has 1 saturated heterocycles. The summed E-state index contributed by atoms with van der Waals surface area (Å²) < 4.78 is 3.87. The molecule has 0 aliphatic carbocycles. The summed E-state index contributed by atoms with van der Waals surface area (Å²) >= 11 is 7.29. The van der Waals surface area contributed by atoms with Crippen molar-refractivity contribution < 1.29 is 9.59 Å². The van der Waals surface area contributed by atoms with Crippen LogP contribution in [0, 0.1) is 5.92 Å². The van der Waals surface area contributed by atoms with Gasteiger partial charge in [-0.15, -0.1) is 5.10 Å². The van der Waals surface area contributed by atoms with Crippen LogP contribution >= 0.6 is 23.1 Å². The summed E-state index contributed by atoms with van der Waals surface area (Å²) in [4.78, 5) is 28.1. The molecule has 2 amide bonds. The second-order valence-corrected chi connectivity index (χ2v) is 9.76. The molecule has 1 N–H and O–H groups in total. The SMILES string of the molecule is CC(C)[C@@H](NC(=O)c1ccc(-c2csnn2)cc1)C(=O)N1CCC(c2ccc(Cl)cc2)CC1. The number of hydrogen-bond acceptors (Lipinski definition) is 5. The third-order valence-electron chi connectivity index (χ3n) is 6.17. The summed E-state index contributed by atoms with van der Waals surface area (Å²) in [7, 11) is 0. The highest BCUT2D eigenvalue weighted by Crippen LogP contribution is 2.29. The number of halogens is 1. The van der Waals surface area contributed by atoms with Crippen LogP contribution in [0.25, 0.3) is 11.3 Å². The maximum Gasteiger partial charge on any atom is 0.251 e. The maximum absolute atomic E-state index is 13.3. The van der Waals surface area contributed by atoms with E-state index in [0.717, 1.165) is 29.1 Å². The van der Waals surface area contributed by atoms with Gasteiger partial charge in [-0.05, 0) is 66.0 Å². The molecule has 6 nitrogen and oxygen atoms in total. The Morgan fingerprint density at radius 1 is 1.06 bits per heavy atom. The van der Waals surface area contributed by atoms with Crippen molar-refractivity contribution in [1.82, 2.24) is 19.8 Å². The van der Waals surface area contributed by atoms with Crippen molar-refractivity contribution in [2.24, 2.45) is 5.92 Å². The molecule has 2 heterocycles. The van der Waals surface area contributed by atoms with Gasteiger partial charge < -0.3 is 10.2 Å². The van der Waals surface area contributed by atoms with Crippen LogP contribution in [0.1, 0.15) is 48.5 Å². The molecule has 0 radical (unpaired) electrons. The molecule has 0 unspecified atom stereocenters. The average molecular weight is 483 g/mol. The summed E-state index contributed by atoms with van der Waals surface area (Å²) in [5, 5.41) is 9.60. The van der Waals surface area contributed by atoms with Crippen LogP contribution in [0.5, 0.6) is 0 Å². The largest absolute Gasteiger partial charge is 0.341 e. The van der Waals surface area contributed by atoms with Gasteiger partial charge in [0.25, 0.3) is 5.91 Å². The first-order valence-corrected chi connectivity index (χ1v) is 12.4. The molecule has 8 heteroatoms. The van der Waals surface area contributed by atoms with Crippen molar-refractivity contribution in [1.29, 1.82) is 0 Å². The molecule has 0 bridgehead atoms. The summed E-state index contributed by atoms with van der Waals surface area (Å²) in [6.45, 7) is 5.28. The topological polar surface area (TPSA) is 75.2 Å². The highest BCUT2D eigenvalue weighted by atomic mass is 35.5. The van der Waals surface area contributed by atoms with Crippen LogP contribution in [-0.2, 0) is 4.79 Å². The van der Waals surface area contributed by atoms with Crippen LogP contribution in [-0.4, -0.2) is 45.4 Å². The smallest absolute Gasteiger partial charge is 0.251 e. The van der Waals surface area contributed by atoms with E-state index in [4.69, 9.17) is 11.6 Å². The molecule has 4 rings (SSSR count). The van der Waals surface area contributed by atoms with Gasteiger partial charge in [-0.25, -0.2) is 0 Å². The van der Waals surface area contributed by atoms with E-state index in [-0.39, 0.29) is 17.7 Å². The van der Waals surface area contributed by atoms with Crippen LogP contribution in [0.4, 0.5) is 0 Å². The molecule has 33 heavy (non-hydrogen) atoms. The molecule has 2 aromatic carbocycles. The number of hydrogen-bond donors (Lipinski definition) is 1. The number of piperidine rings is 1. The minimum absolute atomic E-state index is 0.0157. The van der Waals surface area contributed by atoms with Gasteiger partial charge in [-0.2, -0.15) is 0 Å². The fourth-order valence-corrected chi connectivity index (χ4v) is 4.78. The Hall–Kier alpha value is -2.77. The second kappa shape index (κ2) is 10.4. The van der Waals surface area contributed by atoms with Gasteiger partial charge in [0, 0.05) is 34.6 Å². The zero-order valence-electron chi connectivity index (χ0n) is 18.7. The Bertz CT molecular complexity index is 1080. The number of nitrogens with one attached hydrogen (secondary N) is 1. The van der Waals surface area contributed by atoms with Crippen LogP contribution in [0.2, 0.25) is 5.02 Å². The molecular formula is C25H27ClN4O2S. The van der Waals surface area contributed by atoms with Gasteiger partial charge in [0.15, 0.2) is 0 Å². The first-order chi connectivity index (χ1) is 15.9. The number of benzene rings is 2. The molecule has 1 aliphatic rings. The molecule has 1 fully saturated rings. The lowest BCUT2D eigenvalue weighted by atomic mass is 9.89. The Kier molecular flexibility index (Phi) is 7.40. The predicted molar refractivity (Wildman–Crippen MR) is 131 cm³/mol. The molecule has 3 aromatic rings. The minimum Gasteiger partial charge on any atom is -0.341 e. The number of amides is 2. The van der Waals surface area contributed by atoms with E-state index < -0.39 is 6.04 Å². The Morgan fingerprint density at radius 2 is 1.73 bits per heavy atom. The number of rotatable bonds is 6. The maximum atomic E-state index is 13.3. The first kappa shape index (κ1) is 23.4. The van der Waals surface area contributed by atoms with Gasteiger partial charge >= 0.3 is 0 Å². The van der Waals surface area contributed by atoms with Crippen LogP contribution < -0.4 is 5.32 Å². The standard InChI is InChI=1S/C25H27ClN4O2S/c1-16(2)23(27-24(31)20-5-3-19(4-6-20)22-15-33-29-28-22)25(32)30-13-11-18(12-14-30)17-7-9-21(26)10-8-17/h3-10,15-16,18,23H,11-14H2,1-2H3,(H,27,31)/t23-/m1/s1. The van der Waals surface area contributed by atoms with Crippen molar-refractivity contribution in [3.05, 3.63) is 70.1 Å². The number of aromatic nitrogens is 2. The van der Waals surface area contributed by atoms with E-state index in [1.807, 2.05) is 48.4 Å². The van der Waals surface area contributed by atoms with Crippen LogP contribution in [0.15, 0.2) is 53.9 Å². The fraction of sp³-hybridized carbons (Fsp3) is 0.360. The van der Waals surface area contributed by atoms with Gasteiger partial charge in [-0.1, -0.05) is 54.2 Å². The molecule has 1 aromatic heterocycles. The molecule has 1 aliphatic heterocycles. The van der Waals surface area contributed by atoms with E-state index >= 15 is 0 Å². The highest BCUT2D eigenvalue weighted by molar-refractivity contribution is 7.03. The molecule has 0 saturated carbocycles. The predicted octanol–water partition coefficient (Wildman–Crippen LogP) is 5.02. The zero-order valence-corrected chi connectivity index (χ0v) is 20.3. The number of carbonyl (C=O) groups is 2. The summed E-state index contributed by atoms with van der Waals surface area (Å²) in [6, 6.07) is 14.6. The van der Waals surface area contributed by atoms with Crippen molar-refractivity contribution in [2.45, 2.75) is 38.6 Å². The molecular weight excluding hydrogens is 456 g/mol. The van der Waals surface area contributed by atoms with Gasteiger partial charge in [-0.3, -0.25) is 9.59 Å². The second-order valence-electron chi connectivity index (χ2n) is 8.71. The normalized spacial score (nSPS) is 15.5. The lowest BCUT2D eigenvalue weighted by Crippen LogP contribution is -2.52. The van der Waals surface area contributed by atoms with E-state index in [1.54, 1.807) is 12.1 Å². The zero-order chi connectivity index (χ0) is 23.4. The van der Waals surface area contributed by atoms with E-state index in [0.29, 0.717) is 24.6 Å². The van der Waals surface area contributed by atoms with Crippen molar-refractivity contribution >= 4 is 34.9 Å². The van der Waals surface area contributed by atoms with E-state index in [9.17, 15) is 9.59 Å². The van der Waals surface area contributed by atoms with Crippen molar-refractivity contribution in [2.75, 3.05) is 13.1 Å². The quantitative estimate of drug-likeness (QED) is 0.535. The summed E-state index contributed by atoms with van der Waals surface area (Å²) in [5.74, 6) is 0.139. The molecule has 1 atom stereocenters. The van der Waals surface area contributed by atoms with Crippen LogP contribution in [0.3, 0.4) is 0 Å². The Balaban J connectivity index is 1.37. The average Bonchev–Trinajstić information content (AvgIpc) is 3.38. The number of likely N-dealkylation sites (tertiary alicyclic amines) is 1. The van der Waals surface area contributed by atoms with E-state index in [2.05, 4.69) is 27.0 Å². The van der Waals surface area contributed by atoms with E-state index in [1.165, 1.54) is 17.1 Å². The van der Waals surface area contributed by atoms with Gasteiger partial charge in [0.1, 0.15) is 11.7 Å². The lowest BCUT2D eigenvalue weighted by Gasteiger charge is -2.35. The Labute approximate surface area is 203 Å². The third kappa shape index (κ3) is 5.60. The Morgan fingerprint density at radius 3 is 2.30 bits per heavy atom.